The molecule has 0 saturated carbocycles. The third kappa shape index (κ3) is 4.62. The standard InChI is InChI=1S/C23H25ClN2O2S/c1-16-3-2-12-25(13-16)22(28)18-6-8-19(9-7-18)23-26(21(27)15-29-23)14-17-4-10-20(24)11-5-17/h4-11,16,23H,2-3,12-15H2,1H3/t16-,23-/m0/s1. The summed E-state index contributed by atoms with van der Waals surface area (Å²) in [7, 11) is 0. The lowest BCUT2D eigenvalue weighted by Crippen LogP contribution is -2.39. The Labute approximate surface area is 181 Å². The monoisotopic (exact) mass is 428 g/mol. The van der Waals surface area contributed by atoms with Crippen LogP contribution in [0.5, 0.6) is 0 Å². The van der Waals surface area contributed by atoms with Gasteiger partial charge in [-0.3, -0.25) is 9.59 Å². The molecule has 6 heteroatoms. The minimum Gasteiger partial charge on any atom is -0.338 e. The molecule has 0 radical (unpaired) electrons. The molecule has 0 spiro atoms. The van der Waals surface area contributed by atoms with E-state index >= 15 is 0 Å². The molecule has 2 aromatic rings. The fourth-order valence-electron chi connectivity index (χ4n) is 4.03. The summed E-state index contributed by atoms with van der Waals surface area (Å²) in [5.41, 5.74) is 2.83. The topological polar surface area (TPSA) is 40.6 Å². The van der Waals surface area contributed by atoms with Gasteiger partial charge in [-0.05, 0) is 54.2 Å². The summed E-state index contributed by atoms with van der Waals surface area (Å²) in [5.74, 6) is 1.29. The summed E-state index contributed by atoms with van der Waals surface area (Å²) in [4.78, 5) is 29.1. The summed E-state index contributed by atoms with van der Waals surface area (Å²) < 4.78 is 0. The first-order chi connectivity index (χ1) is 14.0. The molecule has 4 rings (SSSR count). The molecular formula is C23H25ClN2O2S. The molecule has 2 aliphatic heterocycles. The van der Waals surface area contributed by atoms with Crippen molar-refractivity contribution in [2.45, 2.75) is 31.7 Å². The lowest BCUT2D eigenvalue weighted by atomic mass is 9.99. The van der Waals surface area contributed by atoms with Crippen LogP contribution in [-0.2, 0) is 11.3 Å². The van der Waals surface area contributed by atoms with Crippen LogP contribution in [0, 0.1) is 5.92 Å². The molecule has 2 heterocycles. The van der Waals surface area contributed by atoms with Gasteiger partial charge >= 0.3 is 0 Å². The molecule has 0 N–H and O–H groups in total. The van der Waals surface area contributed by atoms with Gasteiger partial charge in [-0.2, -0.15) is 0 Å². The average Bonchev–Trinajstić information content (AvgIpc) is 3.09. The number of nitrogens with zero attached hydrogens (tertiary/aromatic N) is 2. The number of thioether (sulfide) groups is 1. The van der Waals surface area contributed by atoms with Gasteiger partial charge in [0.1, 0.15) is 5.37 Å². The molecule has 2 amide bonds. The quantitative estimate of drug-likeness (QED) is 0.689. The van der Waals surface area contributed by atoms with Gasteiger partial charge in [0.15, 0.2) is 0 Å². The normalized spacial score (nSPS) is 22.2. The van der Waals surface area contributed by atoms with E-state index in [2.05, 4.69) is 6.92 Å². The van der Waals surface area contributed by atoms with Crippen molar-refractivity contribution in [2.75, 3.05) is 18.8 Å². The number of hydrogen-bond acceptors (Lipinski definition) is 3. The van der Waals surface area contributed by atoms with Crippen molar-refractivity contribution in [3.63, 3.8) is 0 Å². The molecule has 2 atom stereocenters. The summed E-state index contributed by atoms with van der Waals surface area (Å²) in [6.07, 6.45) is 2.27. The maximum Gasteiger partial charge on any atom is 0.253 e. The predicted octanol–water partition coefficient (Wildman–Crippen LogP) is 4.99. The predicted molar refractivity (Wildman–Crippen MR) is 118 cm³/mol. The molecule has 0 unspecified atom stereocenters. The zero-order valence-electron chi connectivity index (χ0n) is 16.5. The Morgan fingerprint density at radius 3 is 2.55 bits per heavy atom. The second-order valence-corrected chi connectivity index (χ2v) is 9.44. The minimum absolute atomic E-state index is 0.0302. The number of rotatable bonds is 4. The van der Waals surface area contributed by atoms with Gasteiger partial charge in [0.2, 0.25) is 5.91 Å². The van der Waals surface area contributed by atoms with Crippen molar-refractivity contribution >= 4 is 35.2 Å². The fraction of sp³-hybridized carbons (Fsp3) is 0.391. The van der Waals surface area contributed by atoms with Crippen molar-refractivity contribution < 1.29 is 9.59 Å². The lowest BCUT2D eigenvalue weighted by molar-refractivity contribution is -0.128. The molecule has 2 fully saturated rings. The van der Waals surface area contributed by atoms with Gasteiger partial charge in [0, 0.05) is 30.2 Å². The number of piperidine rings is 1. The Hall–Kier alpha value is -1.98. The zero-order chi connectivity index (χ0) is 20.4. The van der Waals surface area contributed by atoms with Gasteiger partial charge in [0.25, 0.3) is 5.91 Å². The molecule has 29 heavy (non-hydrogen) atoms. The number of benzene rings is 2. The van der Waals surface area contributed by atoms with E-state index in [0.29, 0.717) is 23.2 Å². The molecule has 2 saturated heterocycles. The van der Waals surface area contributed by atoms with Crippen LogP contribution in [0.2, 0.25) is 5.02 Å². The number of carbonyl (C=O) groups is 2. The number of likely N-dealkylation sites (tertiary alicyclic amines) is 1. The molecule has 4 nitrogen and oxygen atoms in total. The summed E-state index contributed by atoms with van der Waals surface area (Å²) in [6.45, 7) is 4.43. The first kappa shape index (κ1) is 20.3. The van der Waals surface area contributed by atoms with E-state index in [9.17, 15) is 9.59 Å². The SMILES string of the molecule is C[C@H]1CCCN(C(=O)c2ccc([C@@H]3SCC(=O)N3Cc3ccc(Cl)cc3)cc2)C1. The van der Waals surface area contributed by atoms with Crippen LogP contribution in [0.15, 0.2) is 48.5 Å². The molecule has 2 aromatic carbocycles. The average molecular weight is 429 g/mol. The highest BCUT2D eigenvalue weighted by Gasteiger charge is 2.33. The number of amides is 2. The van der Waals surface area contributed by atoms with Gasteiger partial charge in [0.05, 0.1) is 5.75 Å². The number of carbonyl (C=O) groups excluding carboxylic acids is 2. The Kier molecular flexibility index (Phi) is 6.16. The van der Waals surface area contributed by atoms with E-state index in [4.69, 9.17) is 11.6 Å². The van der Waals surface area contributed by atoms with Gasteiger partial charge in [-0.15, -0.1) is 11.8 Å². The number of hydrogen-bond donors (Lipinski definition) is 0. The maximum absolute atomic E-state index is 12.8. The van der Waals surface area contributed by atoms with Crippen molar-refractivity contribution in [2.24, 2.45) is 5.92 Å². The molecule has 2 aliphatic rings. The van der Waals surface area contributed by atoms with Crippen molar-refractivity contribution in [1.82, 2.24) is 9.80 Å². The Morgan fingerprint density at radius 1 is 1.14 bits per heavy atom. The molecule has 0 bridgehead atoms. The number of halogens is 1. The lowest BCUT2D eigenvalue weighted by Gasteiger charge is -2.31. The van der Waals surface area contributed by atoms with E-state index in [-0.39, 0.29) is 17.2 Å². The molecule has 0 aliphatic carbocycles. The summed E-state index contributed by atoms with van der Waals surface area (Å²) in [5, 5.41) is 0.660. The highest BCUT2D eigenvalue weighted by Crippen LogP contribution is 2.39. The van der Waals surface area contributed by atoms with Crippen molar-refractivity contribution in [1.29, 1.82) is 0 Å². The highest BCUT2D eigenvalue weighted by atomic mass is 35.5. The first-order valence-corrected chi connectivity index (χ1v) is 11.5. The van der Waals surface area contributed by atoms with Crippen LogP contribution in [0.3, 0.4) is 0 Å². The second kappa shape index (κ2) is 8.80. The third-order valence-corrected chi connectivity index (χ3v) is 7.13. The first-order valence-electron chi connectivity index (χ1n) is 10.1. The van der Waals surface area contributed by atoms with E-state index in [1.54, 1.807) is 11.8 Å². The third-order valence-electron chi connectivity index (χ3n) is 5.62. The van der Waals surface area contributed by atoms with E-state index in [1.807, 2.05) is 58.3 Å². The fourth-order valence-corrected chi connectivity index (χ4v) is 5.35. The second-order valence-electron chi connectivity index (χ2n) is 7.93. The zero-order valence-corrected chi connectivity index (χ0v) is 18.1. The van der Waals surface area contributed by atoms with Crippen LogP contribution in [-0.4, -0.2) is 40.5 Å². The Balaban J connectivity index is 1.47. The largest absolute Gasteiger partial charge is 0.338 e. The highest BCUT2D eigenvalue weighted by molar-refractivity contribution is 8.00. The van der Waals surface area contributed by atoms with E-state index < -0.39 is 0 Å². The molecule has 152 valence electrons. The van der Waals surface area contributed by atoms with Gasteiger partial charge < -0.3 is 9.80 Å². The van der Waals surface area contributed by atoms with Gasteiger partial charge in [-0.25, -0.2) is 0 Å². The summed E-state index contributed by atoms with van der Waals surface area (Å²) >= 11 is 7.60. The van der Waals surface area contributed by atoms with Crippen LogP contribution >= 0.6 is 23.4 Å². The smallest absolute Gasteiger partial charge is 0.253 e. The van der Waals surface area contributed by atoms with Crippen LogP contribution in [0.4, 0.5) is 0 Å². The van der Waals surface area contributed by atoms with E-state index in [0.717, 1.165) is 36.2 Å². The Bertz CT molecular complexity index is 885. The maximum atomic E-state index is 12.8. The van der Waals surface area contributed by atoms with E-state index in [1.165, 1.54) is 6.42 Å². The minimum atomic E-state index is -0.0302. The van der Waals surface area contributed by atoms with Crippen molar-refractivity contribution in [3.8, 4) is 0 Å². The van der Waals surface area contributed by atoms with Crippen LogP contribution < -0.4 is 0 Å². The van der Waals surface area contributed by atoms with Gasteiger partial charge in [-0.1, -0.05) is 42.8 Å². The molecule has 0 aromatic heterocycles. The summed E-state index contributed by atoms with van der Waals surface area (Å²) in [6, 6.07) is 15.4. The van der Waals surface area contributed by atoms with Crippen molar-refractivity contribution in [3.05, 3.63) is 70.2 Å². The molecular weight excluding hydrogens is 404 g/mol. The van der Waals surface area contributed by atoms with Crippen LogP contribution in [0.1, 0.15) is 46.6 Å². The van der Waals surface area contributed by atoms with Crippen LogP contribution in [0.25, 0.3) is 0 Å². The Morgan fingerprint density at radius 2 is 1.86 bits per heavy atom.